The first-order chi connectivity index (χ1) is 52.2. The Morgan fingerprint density at radius 2 is 0.915 bits per heavy atom. The van der Waals surface area contributed by atoms with Gasteiger partial charge in [-0.2, -0.15) is 9.97 Å². The quantitative estimate of drug-likeness (QED) is 0.0346. The number of hydrogen-bond acceptors (Lipinski definition) is 35. The molecule has 656 valence electrons. The number of fused-ring (bicyclic) bond motifs is 10. The van der Waals surface area contributed by atoms with Gasteiger partial charge in [-0.1, -0.05) is 105 Å². The van der Waals surface area contributed by atoms with E-state index >= 15 is 8.78 Å². The highest BCUT2D eigenvalue weighted by Crippen LogP contribution is 2.60. The lowest BCUT2D eigenvalue weighted by Gasteiger charge is -2.40. The normalized spacial score (nSPS) is 31.7. The molecule has 0 spiro atoms. The van der Waals surface area contributed by atoms with Gasteiger partial charge in [0.1, 0.15) is 84.7 Å². The Morgan fingerprint density at radius 1 is 0.573 bits per heavy atom. The highest BCUT2D eigenvalue weighted by Gasteiger charge is 2.59. The van der Waals surface area contributed by atoms with Gasteiger partial charge in [0.25, 0.3) is 11.1 Å². The maximum Gasteiger partial charge on any atom is 0.386 e. The number of aliphatic hydroxyl groups is 1. The van der Waals surface area contributed by atoms with Crippen LogP contribution in [0.2, 0.25) is 36.3 Å². The molecular formula is C63H106F2N20O22P4S4Si2. The fourth-order valence-corrected chi connectivity index (χ4v) is 20.5. The third-order valence-electron chi connectivity index (χ3n) is 19.7. The number of nitrogens with zero attached hydrogens (tertiary/aromatic N) is 14. The second-order valence-corrected chi connectivity index (χ2v) is 50.6. The molecule has 0 aliphatic carbocycles. The topological polar surface area (TPSA) is 549 Å². The van der Waals surface area contributed by atoms with E-state index < -0.39 is 191 Å². The average molecular weight is 1840 g/mol. The van der Waals surface area contributed by atoms with E-state index in [1.54, 1.807) is 20.8 Å². The van der Waals surface area contributed by atoms with Crippen molar-refractivity contribution in [3.8, 4) is 0 Å². The first kappa shape index (κ1) is 98.9. The maximum atomic E-state index is 16.4. The van der Waals surface area contributed by atoms with Crippen LogP contribution in [-0.4, -0.2) is 227 Å². The molecule has 6 aliphatic rings. The molecule has 0 saturated carbocycles. The summed E-state index contributed by atoms with van der Waals surface area (Å²) in [6.45, 7) is 5.76. The zero-order valence-electron chi connectivity index (χ0n) is 62.2. The summed E-state index contributed by atoms with van der Waals surface area (Å²) in [6.07, 6.45) is -14.7. The summed E-state index contributed by atoms with van der Waals surface area (Å²) in [4.78, 5) is 120. The average Bonchev–Trinajstić information content (AvgIpc) is 1.61. The van der Waals surface area contributed by atoms with Gasteiger partial charge in [0.15, 0.2) is 99.1 Å². The zero-order valence-corrected chi connectivity index (χ0v) is 71.1. The van der Waals surface area contributed by atoms with E-state index in [1.165, 1.54) is 56.2 Å². The number of carbonyl (C=O) groups is 1. The first-order valence-electron chi connectivity index (χ1n) is 34.6. The first-order valence-corrected chi connectivity index (χ1v) is 50.9. The minimum atomic E-state index is -4.42. The number of halogens is 2. The number of H-pyrrole nitrogens is 2. The van der Waals surface area contributed by atoms with Gasteiger partial charge in [0, 0.05) is 12.5 Å². The number of hydrogen-bond donors (Lipinski definition) is 11. The van der Waals surface area contributed by atoms with Gasteiger partial charge in [-0.05, 0) is 78.6 Å². The summed E-state index contributed by atoms with van der Waals surface area (Å²) in [6, 6.07) is 0. The van der Waals surface area contributed by atoms with E-state index in [4.69, 9.17) is 122 Å². The molecule has 0 aromatic carbocycles. The van der Waals surface area contributed by atoms with Crippen LogP contribution in [-0.2, 0) is 109 Å². The Bertz CT molecular complexity index is 5170. The molecule has 1 amide bonds. The van der Waals surface area contributed by atoms with Crippen LogP contribution in [0.5, 0.6) is 0 Å². The molecule has 117 heavy (non-hydrogen) atoms. The van der Waals surface area contributed by atoms with Crippen molar-refractivity contribution in [3.63, 3.8) is 0 Å². The van der Waals surface area contributed by atoms with Crippen LogP contribution in [0.1, 0.15) is 124 Å². The monoisotopic (exact) mass is 1840 g/mol. The Labute approximate surface area is 695 Å². The molecule has 4 bridgehead atoms. The number of rotatable bonds is 10. The molecule has 14 rings (SSSR count). The van der Waals surface area contributed by atoms with E-state index in [2.05, 4.69) is 77.4 Å². The number of aromatic nitrogens is 16. The molecule has 6 fully saturated rings. The molecule has 8 aromatic rings. The highest BCUT2D eigenvalue weighted by molar-refractivity contribution is 8.44. The third kappa shape index (κ3) is 20.8. The second kappa shape index (κ2) is 37.5. The molecule has 6 saturated heterocycles. The molecule has 6 aliphatic heterocycles. The van der Waals surface area contributed by atoms with Crippen LogP contribution in [0.15, 0.2) is 47.6 Å². The molecule has 8 unspecified atom stereocenters. The summed E-state index contributed by atoms with van der Waals surface area (Å²) in [5, 5.41) is 9.46. The van der Waals surface area contributed by atoms with E-state index in [0.717, 1.165) is 0 Å². The van der Waals surface area contributed by atoms with Crippen LogP contribution < -0.4 is 33.6 Å². The van der Waals surface area contributed by atoms with Crippen LogP contribution in [0.3, 0.4) is 0 Å². The predicted molar refractivity (Wildman–Crippen MR) is 449 cm³/mol. The fraction of sp³-hybridized carbons (Fsp3) is 0.667. The lowest BCUT2D eigenvalue weighted by Crippen LogP contribution is -2.50. The van der Waals surface area contributed by atoms with Crippen molar-refractivity contribution >= 4 is 165 Å². The number of aromatic amines is 2. The van der Waals surface area contributed by atoms with Crippen LogP contribution in [0.4, 0.5) is 32.3 Å². The molecule has 42 nitrogen and oxygen atoms in total. The van der Waals surface area contributed by atoms with Crippen molar-refractivity contribution in [2.24, 2.45) is 5.92 Å². The second-order valence-electron chi connectivity index (χ2n) is 29.8. The lowest BCUT2D eigenvalue weighted by molar-refractivity contribution is -0.119. The molecule has 54 heteroatoms. The van der Waals surface area contributed by atoms with Gasteiger partial charge >= 0.3 is 27.0 Å². The molecule has 14 heterocycles. The number of carbonyl (C=O) groups excluding carboxylic acids is 1. The number of nitrogen functional groups attached to an aromatic ring is 3. The highest BCUT2D eigenvalue weighted by atomic mass is 32.7. The van der Waals surface area contributed by atoms with Gasteiger partial charge in [0.2, 0.25) is 17.8 Å². The molecule has 0 radical (unpaired) electrons. The third-order valence-corrected chi connectivity index (χ3v) is 35.0. The summed E-state index contributed by atoms with van der Waals surface area (Å²) in [5.41, 5.74) is 17.0. The maximum absolute atomic E-state index is 16.4. The summed E-state index contributed by atoms with van der Waals surface area (Å²) in [5.74, 6) is -1.05. The molecule has 8 aromatic heterocycles. The smallest absolute Gasteiger partial charge is 0.386 e. The Kier molecular flexibility index (Phi) is 31.7. The number of alkyl halides is 2. The van der Waals surface area contributed by atoms with Gasteiger partial charge < -0.3 is 78.4 Å². The number of anilines is 4. The molecule has 13 N–H and O–H groups in total. The van der Waals surface area contributed by atoms with Gasteiger partial charge in [0.05, 0.1) is 51.7 Å². The number of ether oxygens (including phenoxy) is 4. The Balaban J connectivity index is 0.000000301. The number of imidazole rings is 4. The largest absolute Gasteiger partial charge is 0.408 e. The minimum Gasteiger partial charge on any atom is -0.408 e. The van der Waals surface area contributed by atoms with Crippen LogP contribution in [0, 0.1) is 5.92 Å². The van der Waals surface area contributed by atoms with Crippen LogP contribution in [0.25, 0.3) is 44.7 Å². The Morgan fingerprint density at radius 3 is 1.32 bits per heavy atom. The standard InChI is InChI=1S/C30H43FN10O11P2S2Si.C26H37FN10O10P2S2Si.C2H6O.5CH4/c1-13(2)25(42)38-29-37-24-18(26(43)39-29)36-12-41(24)28-21-20(52-57(6,7)30(3,4)5)15(49-28)9-47-53(44,55)50-19-14(8-46-54(45,56)51-21)48-27(16(19)31)40-11-35-17-22(32)33-10-34-23(17)40;1-26(2,3)52(4,5)47-17-12-7-42-48(39,50)45-16-11(43-23(13(16)27)36-9-32-14-19(28)30-8-31-20(14)36)6-41-49(40,51)46-18(17)24(44-12)37-10-33-15-21(37)34-25(29)35-22(15)38;1-2-3;;;;;/h10-16,19-21,27-28H,8-9H2,1-7H3,(H,44,55)(H,45,56)(H2,32,33,34)(H2,37,38,39,42,43);8-13,16-18,23-24H,6-7H2,1-5H3,(H,39,50)(H,40,51)(H2,28,30,31)(H3,29,34,35,38);3H,2H2,1H3;5*1H4/t14-,15-,16?,19+,20+,21?,27-,28-,53?,54?;11-,12-,13?,16+,17+,18?,23-,24-,48?,49?;;;;;;/m11....../s1. The number of thiol groups is 1. The van der Waals surface area contributed by atoms with Gasteiger partial charge in [-0.25, -0.2) is 53.2 Å². The number of amides is 1. The van der Waals surface area contributed by atoms with E-state index in [1.807, 2.05) is 67.7 Å². The summed E-state index contributed by atoms with van der Waals surface area (Å²) >= 11 is 20.6. The molecule has 20 atom stereocenters. The van der Waals surface area contributed by atoms with Crippen molar-refractivity contribution in [1.82, 2.24) is 78.1 Å². The Hall–Kier alpha value is -5.23. The van der Waals surface area contributed by atoms with Crippen molar-refractivity contribution in [2.45, 2.75) is 234 Å². The SMILES string of the molecule is C.C.C.C.C.CC(C)(C)[Si](C)(C)O[C@@H]1C2OP(O)(=S)OC[C@H]3O[C@@H](n4cnc5c(N)ncnc54)C(F)[C@H]3OP(=O)(S)OC[C@H]1O[C@H]2n1cnc2c(=O)[nH]c(N)nc21.CC(C)C(=O)Nc1nc2c(ncn2[C@@H]2O[C@@H]3COP(O)(=S)O[C@@H]4C(F)[C@H](n5cnc6c(N)ncnc65)O[C@@H]4COP(O)(=S)OC2[C@H]3O[Si](C)(C)C(C)(C)C)c(=O)[nH]1.CCO. The van der Waals surface area contributed by atoms with Crippen molar-refractivity contribution in [1.29, 1.82) is 0 Å². The van der Waals surface area contributed by atoms with Crippen molar-refractivity contribution < 1.29 is 102 Å². The van der Waals surface area contributed by atoms with Crippen molar-refractivity contribution in [2.75, 3.05) is 55.6 Å². The zero-order chi connectivity index (χ0) is 81.7. The van der Waals surface area contributed by atoms with E-state index in [9.17, 15) is 33.6 Å². The lowest BCUT2D eigenvalue weighted by atomic mass is 10.1. The van der Waals surface area contributed by atoms with Gasteiger partial charge in [-0.3, -0.25) is 70.6 Å². The number of nitrogens with two attached hydrogens (primary N) is 3. The number of aliphatic hydroxyl groups excluding tert-OH is 1. The summed E-state index contributed by atoms with van der Waals surface area (Å²) < 4.78 is 138. The number of nitrogens with one attached hydrogen (secondary N) is 3. The van der Waals surface area contributed by atoms with Crippen LogP contribution >= 0.6 is 39.2 Å². The molecular weight excluding hydrogens is 1740 g/mol. The van der Waals surface area contributed by atoms with Gasteiger partial charge in [-0.15, -0.1) is 0 Å². The minimum absolute atomic E-state index is 0. The summed E-state index contributed by atoms with van der Waals surface area (Å²) in [7, 11) is -5.40. The predicted octanol–water partition coefficient (Wildman–Crippen LogP) is 8.81. The van der Waals surface area contributed by atoms with E-state index in [-0.39, 0.29) is 122 Å². The fourth-order valence-electron chi connectivity index (χ4n) is 12.1. The van der Waals surface area contributed by atoms with E-state index in [0.29, 0.717) is 0 Å². The van der Waals surface area contributed by atoms with Crippen molar-refractivity contribution in [3.05, 3.63) is 58.7 Å².